The van der Waals surface area contributed by atoms with Gasteiger partial charge in [-0.2, -0.15) is 0 Å². The van der Waals surface area contributed by atoms with E-state index in [1.54, 1.807) is 0 Å². The maximum absolute atomic E-state index is 4.94. The van der Waals surface area contributed by atoms with E-state index < -0.39 is 0 Å². The van der Waals surface area contributed by atoms with Crippen LogP contribution in [0, 0.1) is 0 Å². The number of hydrogen-bond acceptors (Lipinski definition) is 2. The minimum Gasteiger partial charge on any atom is -0.479 e. The van der Waals surface area contributed by atoms with Gasteiger partial charge >= 0.3 is 0 Å². The summed E-state index contributed by atoms with van der Waals surface area (Å²) in [7, 11) is 0. The van der Waals surface area contributed by atoms with E-state index in [0.29, 0.717) is 4.38 Å². The van der Waals surface area contributed by atoms with Crippen LogP contribution in [0.4, 0.5) is 0 Å². The van der Waals surface area contributed by atoms with Gasteiger partial charge in [-0.1, -0.05) is 32.4 Å². The van der Waals surface area contributed by atoms with Gasteiger partial charge in [-0.15, -0.1) is 0 Å². The Bertz CT molecular complexity index is 87.8. The summed E-state index contributed by atoms with van der Waals surface area (Å²) in [6.07, 6.45) is 3.50. The Kier molecular flexibility index (Phi) is 15.7. The zero-order chi connectivity index (χ0) is 7.11. The Labute approximate surface area is 116 Å². The van der Waals surface area contributed by atoms with Crippen molar-refractivity contribution < 1.29 is 4.74 Å². The summed E-state index contributed by atoms with van der Waals surface area (Å²) in [5.41, 5.74) is 0. The van der Waals surface area contributed by atoms with Crippen molar-refractivity contribution in [2.75, 3.05) is 6.61 Å². The van der Waals surface area contributed by atoms with Crippen LogP contribution in [0.5, 0.6) is 0 Å². The number of rotatable bonds is 4. The molecule has 0 heterocycles. The summed E-state index contributed by atoms with van der Waals surface area (Å²) in [4.78, 5) is 0. The molecule has 0 aromatic carbocycles. The van der Waals surface area contributed by atoms with Crippen LogP contribution in [0.25, 0.3) is 0 Å². The van der Waals surface area contributed by atoms with Crippen LogP contribution in [-0.2, 0) is 4.74 Å². The van der Waals surface area contributed by atoms with E-state index in [4.69, 9.17) is 4.74 Å². The van der Waals surface area contributed by atoms with Gasteiger partial charge in [-0.05, 0) is 18.6 Å². The minimum absolute atomic E-state index is 0. The minimum atomic E-state index is 0. The molecular weight excluding hydrogens is 191 g/mol. The molecule has 4 heteroatoms. The number of ether oxygens (including phenoxy) is 1. The standard InChI is InChI=1S/C6H12OS2.K/c1-2-3-4-5-7-6(8)9;/h2-5H2,1H3,(H,8,9);. The van der Waals surface area contributed by atoms with Gasteiger partial charge in [-0.3, -0.25) is 0 Å². The Morgan fingerprint density at radius 1 is 1.50 bits per heavy atom. The molecule has 10 heavy (non-hydrogen) atoms. The van der Waals surface area contributed by atoms with Gasteiger partial charge in [0.05, 0.1) is 6.61 Å². The number of hydrogen-bond donors (Lipinski definition) is 1. The van der Waals surface area contributed by atoms with Gasteiger partial charge in [0.2, 0.25) is 4.38 Å². The molecule has 1 radical (unpaired) electrons. The molecule has 0 aliphatic rings. The second kappa shape index (κ2) is 10.9. The predicted molar refractivity (Wildman–Crippen MR) is 52.8 cm³/mol. The third kappa shape index (κ3) is 12.5. The smallest absolute Gasteiger partial charge is 0.216 e. The van der Waals surface area contributed by atoms with Gasteiger partial charge in [0, 0.05) is 51.4 Å². The van der Waals surface area contributed by atoms with Crippen molar-refractivity contribution in [3.63, 3.8) is 0 Å². The molecule has 0 N–H and O–H groups in total. The van der Waals surface area contributed by atoms with Gasteiger partial charge in [-0.25, -0.2) is 0 Å². The van der Waals surface area contributed by atoms with Crippen molar-refractivity contribution in [2.24, 2.45) is 0 Å². The maximum Gasteiger partial charge on any atom is 0.216 e. The van der Waals surface area contributed by atoms with Crippen LogP contribution in [0.15, 0.2) is 0 Å². The molecule has 0 fully saturated rings. The Morgan fingerprint density at radius 3 is 2.50 bits per heavy atom. The monoisotopic (exact) mass is 203 g/mol. The molecule has 0 aliphatic carbocycles. The van der Waals surface area contributed by atoms with E-state index in [-0.39, 0.29) is 51.4 Å². The molecule has 0 aromatic rings. The van der Waals surface area contributed by atoms with Crippen LogP contribution in [0.2, 0.25) is 0 Å². The fourth-order valence-corrected chi connectivity index (χ4v) is 0.686. The molecule has 0 saturated carbocycles. The Morgan fingerprint density at radius 2 is 2.10 bits per heavy atom. The van der Waals surface area contributed by atoms with Crippen molar-refractivity contribution in [1.29, 1.82) is 0 Å². The van der Waals surface area contributed by atoms with Crippen LogP contribution >= 0.6 is 24.8 Å². The third-order valence-corrected chi connectivity index (χ3v) is 1.22. The number of thiol groups is 1. The summed E-state index contributed by atoms with van der Waals surface area (Å²) < 4.78 is 5.29. The normalized spacial score (nSPS) is 8.20. The largest absolute Gasteiger partial charge is 0.479 e. The molecule has 0 unspecified atom stereocenters. The van der Waals surface area contributed by atoms with E-state index in [1.807, 2.05) is 0 Å². The van der Waals surface area contributed by atoms with E-state index in [1.165, 1.54) is 12.8 Å². The zero-order valence-corrected chi connectivity index (χ0v) is 11.4. The number of unbranched alkanes of at least 4 members (excludes halogenated alkanes) is 2. The fraction of sp³-hybridized carbons (Fsp3) is 0.833. The quantitative estimate of drug-likeness (QED) is 0.324. The molecule has 0 amide bonds. The topological polar surface area (TPSA) is 9.23 Å². The van der Waals surface area contributed by atoms with Crippen molar-refractivity contribution in [3.05, 3.63) is 0 Å². The second-order valence-corrected chi connectivity index (χ2v) is 2.90. The van der Waals surface area contributed by atoms with Gasteiger partial charge in [0.25, 0.3) is 0 Å². The third-order valence-electron chi connectivity index (χ3n) is 0.973. The first kappa shape index (κ1) is 14.4. The van der Waals surface area contributed by atoms with Crippen molar-refractivity contribution in [2.45, 2.75) is 26.2 Å². The van der Waals surface area contributed by atoms with E-state index in [0.717, 1.165) is 13.0 Å². The summed E-state index contributed by atoms with van der Waals surface area (Å²) in [6.45, 7) is 2.87. The van der Waals surface area contributed by atoms with Crippen LogP contribution < -0.4 is 0 Å². The molecule has 0 aliphatic heterocycles. The van der Waals surface area contributed by atoms with E-state index in [2.05, 4.69) is 31.8 Å². The first-order valence-corrected chi connectivity index (χ1v) is 3.98. The maximum atomic E-state index is 4.94. The summed E-state index contributed by atoms with van der Waals surface area (Å²) in [5.74, 6) is 0. The Balaban J connectivity index is 0. The second-order valence-electron chi connectivity index (χ2n) is 1.82. The molecule has 0 atom stereocenters. The molecule has 0 saturated heterocycles. The van der Waals surface area contributed by atoms with Crippen molar-refractivity contribution in [1.82, 2.24) is 0 Å². The molecular formula is C6H12KOS2. The fourth-order valence-electron chi connectivity index (χ4n) is 0.512. The van der Waals surface area contributed by atoms with E-state index in [9.17, 15) is 0 Å². The zero-order valence-electron chi connectivity index (χ0n) is 6.59. The van der Waals surface area contributed by atoms with Crippen molar-refractivity contribution in [3.8, 4) is 0 Å². The average molecular weight is 203 g/mol. The van der Waals surface area contributed by atoms with Crippen LogP contribution in [0.1, 0.15) is 26.2 Å². The molecule has 55 valence electrons. The first-order chi connectivity index (χ1) is 4.27. The van der Waals surface area contributed by atoms with Gasteiger partial charge in [0.15, 0.2) is 0 Å². The molecule has 0 spiro atoms. The van der Waals surface area contributed by atoms with Gasteiger partial charge in [0.1, 0.15) is 0 Å². The molecule has 1 nitrogen and oxygen atoms in total. The van der Waals surface area contributed by atoms with Gasteiger partial charge < -0.3 is 4.74 Å². The van der Waals surface area contributed by atoms with Crippen LogP contribution in [0.3, 0.4) is 0 Å². The molecule has 0 rings (SSSR count). The molecule has 0 aromatic heterocycles. The SMILES string of the molecule is CCCCCOC(=S)S.[K]. The Hall–Kier alpha value is 1.88. The first-order valence-electron chi connectivity index (χ1n) is 3.13. The summed E-state index contributed by atoms with van der Waals surface area (Å²) in [6, 6.07) is 0. The predicted octanol–water partition coefficient (Wildman–Crippen LogP) is 2.03. The van der Waals surface area contributed by atoms with Crippen LogP contribution in [-0.4, -0.2) is 62.4 Å². The molecule has 0 bridgehead atoms. The summed E-state index contributed by atoms with van der Waals surface area (Å²) >= 11 is 8.40. The number of thiocarbonyl (C=S) groups is 1. The average Bonchev–Trinajstić information content (AvgIpc) is 1.80. The van der Waals surface area contributed by atoms with E-state index >= 15 is 0 Å². The summed E-state index contributed by atoms with van der Waals surface area (Å²) in [5, 5.41) is 0. The van der Waals surface area contributed by atoms with Crippen molar-refractivity contribution >= 4 is 80.6 Å².